The molecule has 0 radical (unpaired) electrons. The third kappa shape index (κ3) is 2.07. The SMILES string of the molecule is CC1CCCN(c2sc(C#N)c(N)c2C#N)C1. The smallest absolute Gasteiger partial charge is 0.131 e. The fourth-order valence-corrected chi connectivity index (χ4v) is 3.22. The van der Waals surface area contributed by atoms with Crippen LogP contribution in [0.25, 0.3) is 0 Å². The summed E-state index contributed by atoms with van der Waals surface area (Å²) in [7, 11) is 0. The van der Waals surface area contributed by atoms with Crippen molar-refractivity contribution in [1.29, 1.82) is 10.5 Å². The minimum absolute atomic E-state index is 0.341. The van der Waals surface area contributed by atoms with Crippen LogP contribution < -0.4 is 10.6 Å². The number of piperidine rings is 1. The van der Waals surface area contributed by atoms with E-state index in [1.165, 1.54) is 17.8 Å². The van der Waals surface area contributed by atoms with Crippen LogP contribution in [0.1, 0.15) is 30.2 Å². The largest absolute Gasteiger partial charge is 0.396 e. The molecule has 0 bridgehead atoms. The van der Waals surface area contributed by atoms with Gasteiger partial charge in [-0.25, -0.2) is 0 Å². The lowest BCUT2D eigenvalue weighted by Crippen LogP contribution is -2.34. The number of nitrogens with zero attached hydrogens (tertiary/aromatic N) is 3. The normalized spacial score (nSPS) is 19.7. The van der Waals surface area contributed by atoms with Gasteiger partial charge >= 0.3 is 0 Å². The molecule has 1 fully saturated rings. The molecule has 1 aliphatic rings. The van der Waals surface area contributed by atoms with Crippen LogP contribution in [-0.2, 0) is 0 Å². The second-order valence-corrected chi connectivity index (χ2v) is 5.44. The first-order valence-electron chi connectivity index (χ1n) is 5.64. The molecule has 1 aromatic heterocycles. The van der Waals surface area contributed by atoms with Gasteiger partial charge in [-0.15, -0.1) is 11.3 Å². The molecule has 1 atom stereocenters. The minimum Gasteiger partial charge on any atom is -0.396 e. The minimum atomic E-state index is 0.341. The van der Waals surface area contributed by atoms with Crippen LogP contribution in [0.2, 0.25) is 0 Å². The Morgan fingerprint density at radius 2 is 2.18 bits per heavy atom. The number of rotatable bonds is 1. The Kier molecular flexibility index (Phi) is 3.21. The molecule has 88 valence electrons. The summed E-state index contributed by atoms with van der Waals surface area (Å²) in [6.45, 7) is 4.10. The highest BCUT2D eigenvalue weighted by Crippen LogP contribution is 2.38. The molecule has 2 rings (SSSR count). The van der Waals surface area contributed by atoms with Crippen molar-refractivity contribution in [3.8, 4) is 12.1 Å². The summed E-state index contributed by atoms with van der Waals surface area (Å²) < 4.78 is 0. The van der Waals surface area contributed by atoms with Gasteiger partial charge in [0.05, 0.1) is 5.69 Å². The van der Waals surface area contributed by atoms with E-state index in [0.29, 0.717) is 22.0 Å². The maximum atomic E-state index is 9.15. The van der Waals surface area contributed by atoms with Gasteiger partial charge in [0.1, 0.15) is 27.6 Å². The molecule has 1 aliphatic heterocycles. The summed E-state index contributed by atoms with van der Waals surface area (Å²) in [5.41, 5.74) is 6.62. The molecular weight excluding hydrogens is 232 g/mol. The van der Waals surface area contributed by atoms with Crippen LogP contribution in [0.4, 0.5) is 10.7 Å². The van der Waals surface area contributed by atoms with E-state index in [9.17, 15) is 0 Å². The van der Waals surface area contributed by atoms with E-state index in [1.807, 2.05) is 0 Å². The average Bonchev–Trinajstić information content (AvgIpc) is 2.65. The molecule has 0 spiro atoms. The van der Waals surface area contributed by atoms with Gasteiger partial charge in [0, 0.05) is 13.1 Å². The number of nitrogens with two attached hydrogens (primary N) is 1. The zero-order valence-electron chi connectivity index (χ0n) is 9.73. The number of anilines is 2. The third-order valence-electron chi connectivity index (χ3n) is 3.08. The second-order valence-electron chi connectivity index (χ2n) is 4.44. The van der Waals surface area contributed by atoms with E-state index in [2.05, 4.69) is 24.0 Å². The molecule has 0 amide bonds. The van der Waals surface area contributed by atoms with E-state index in [-0.39, 0.29) is 0 Å². The Hall–Kier alpha value is -1.72. The Morgan fingerprint density at radius 3 is 2.76 bits per heavy atom. The van der Waals surface area contributed by atoms with Gasteiger partial charge in [-0.1, -0.05) is 6.92 Å². The van der Waals surface area contributed by atoms with Gasteiger partial charge in [0.15, 0.2) is 0 Å². The summed E-state index contributed by atoms with van der Waals surface area (Å²) in [6, 6.07) is 4.18. The summed E-state index contributed by atoms with van der Waals surface area (Å²) >= 11 is 1.34. The van der Waals surface area contributed by atoms with Crippen molar-refractivity contribution in [3.05, 3.63) is 10.4 Å². The Balaban J connectivity index is 2.39. The highest BCUT2D eigenvalue weighted by molar-refractivity contribution is 7.17. The zero-order valence-corrected chi connectivity index (χ0v) is 10.5. The predicted molar refractivity (Wildman–Crippen MR) is 68.8 cm³/mol. The first-order valence-corrected chi connectivity index (χ1v) is 6.46. The number of hydrogen-bond acceptors (Lipinski definition) is 5. The Bertz CT molecular complexity index is 506. The van der Waals surface area contributed by atoms with Gasteiger partial charge in [-0.3, -0.25) is 0 Å². The van der Waals surface area contributed by atoms with Gasteiger partial charge in [-0.2, -0.15) is 10.5 Å². The molecule has 1 aromatic rings. The van der Waals surface area contributed by atoms with Crippen molar-refractivity contribution in [1.82, 2.24) is 0 Å². The molecule has 2 N–H and O–H groups in total. The average molecular weight is 246 g/mol. The molecule has 1 unspecified atom stereocenters. The van der Waals surface area contributed by atoms with E-state index in [0.717, 1.165) is 24.5 Å². The third-order valence-corrected chi connectivity index (χ3v) is 4.26. The molecule has 0 aromatic carbocycles. The highest BCUT2D eigenvalue weighted by Gasteiger charge is 2.24. The van der Waals surface area contributed by atoms with Crippen molar-refractivity contribution >= 4 is 22.0 Å². The maximum absolute atomic E-state index is 9.15. The molecule has 0 saturated carbocycles. The predicted octanol–water partition coefficient (Wildman–Crippen LogP) is 2.31. The van der Waals surface area contributed by atoms with Crippen molar-refractivity contribution in [2.24, 2.45) is 5.92 Å². The van der Waals surface area contributed by atoms with Crippen LogP contribution in [0.15, 0.2) is 0 Å². The van der Waals surface area contributed by atoms with Crippen LogP contribution in [-0.4, -0.2) is 13.1 Å². The fourth-order valence-electron chi connectivity index (χ4n) is 2.22. The van der Waals surface area contributed by atoms with Crippen LogP contribution in [0, 0.1) is 28.6 Å². The van der Waals surface area contributed by atoms with E-state index < -0.39 is 0 Å². The van der Waals surface area contributed by atoms with Gasteiger partial charge in [0.2, 0.25) is 0 Å². The van der Waals surface area contributed by atoms with E-state index in [4.69, 9.17) is 16.3 Å². The number of hydrogen-bond donors (Lipinski definition) is 1. The first-order chi connectivity index (χ1) is 8.17. The van der Waals surface area contributed by atoms with Crippen LogP contribution in [0.3, 0.4) is 0 Å². The van der Waals surface area contributed by atoms with Gasteiger partial charge in [-0.05, 0) is 18.8 Å². The van der Waals surface area contributed by atoms with Gasteiger partial charge < -0.3 is 10.6 Å². The molecule has 2 heterocycles. The van der Waals surface area contributed by atoms with Crippen LogP contribution >= 0.6 is 11.3 Å². The van der Waals surface area contributed by atoms with Gasteiger partial charge in [0.25, 0.3) is 0 Å². The molecule has 17 heavy (non-hydrogen) atoms. The monoisotopic (exact) mass is 246 g/mol. The summed E-state index contributed by atoms with van der Waals surface area (Å²) in [5.74, 6) is 0.629. The van der Waals surface area contributed by atoms with E-state index >= 15 is 0 Å². The lowest BCUT2D eigenvalue weighted by Gasteiger charge is -2.31. The van der Waals surface area contributed by atoms with Crippen molar-refractivity contribution in [3.63, 3.8) is 0 Å². The molecule has 1 saturated heterocycles. The fraction of sp³-hybridized carbons (Fsp3) is 0.500. The van der Waals surface area contributed by atoms with Crippen molar-refractivity contribution < 1.29 is 0 Å². The zero-order chi connectivity index (χ0) is 12.4. The van der Waals surface area contributed by atoms with Crippen molar-refractivity contribution in [2.75, 3.05) is 23.7 Å². The van der Waals surface area contributed by atoms with E-state index in [1.54, 1.807) is 0 Å². The van der Waals surface area contributed by atoms with Crippen molar-refractivity contribution in [2.45, 2.75) is 19.8 Å². The summed E-state index contributed by atoms with van der Waals surface area (Å²) in [5, 5.41) is 19.0. The Morgan fingerprint density at radius 1 is 1.41 bits per heavy atom. The standard InChI is InChI=1S/C12H14N4S/c1-8-3-2-4-16(7-8)12-9(5-13)11(15)10(6-14)17-12/h8H,2-4,7,15H2,1H3. The number of thiophene rings is 1. The molecule has 4 nitrogen and oxygen atoms in total. The number of nitrogen functional groups attached to an aromatic ring is 1. The molecular formula is C12H14N4S. The Labute approximate surface area is 105 Å². The first kappa shape index (κ1) is 11.8. The van der Waals surface area contributed by atoms with Crippen LogP contribution in [0.5, 0.6) is 0 Å². The second kappa shape index (κ2) is 4.65. The maximum Gasteiger partial charge on any atom is 0.131 e. The molecule has 5 heteroatoms. The quantitative estimate of drug-likeness (QED) is 0.824. The molecule has 0 aliphatic carbocycles. The number of nitriles is 2. The summed E-state index contributed by atoms with van der Waals surface area (Å²) in [6.07, 6.45) is 2.36. The topological polar surface area (TPSA) is 76.8 Å². The highest BCUT2D eigenvalue weighted by atomic mass is 32.1. The lowest BCUT2D eigenvalue weighted by molar-refractivity contribution is 0.448. The lowest BCUT2D eigenvalue weighted by atomic mass is 10.0. The summed E-state index contributed by atoms with van der Waals surface area (Å²) in [4.78, 5) is 2.64.